The average Bonchev–Trinajstić information content (AvgIpc) is 2.18. The number of amides is 1. The number of hydrogen-bond acceptors (Lipinski definition) is 2. The molecule has 0 bridgehead atoms. The standard InChI is InChI=1S/C10H19NO2/c1-3-10(12)11-7-5-9(6-8-11)13-4-2/h9H,3-8H2,1-2H3. The highest BCUT2D eigenvalue weighted by Crippen LogP contribution is 2.14. The van der Waals surface area contributed by atoms with E-state index in [1.807, 2.05) is 18.7 Å². The fourth-order valence-electron chi connectivity index (χ4n) is 1.73. The summed E-state index contributed by atoms with van der Waals surface area (Å²) in [4.78, 5) is 13.3. The Kier molecular flexibility index (Phi) is 4.22. The van der Waals surface area contributed by atoms with E-state index in [-0.39, 0.29) is 5.91 Å². The lowest BCUT2D eigenvalue weighted by Gasteiger charge is -2.31. The highest BCUT2D eigenvalue weighted by molar-refractivity contribution is 5.75. The van der Waals surface area contributed by atoms with Crippen molar-refractivity contribution in [1.29, 1.82) is 0 Å². The minimum absolute atomic E-state index is 0.273. The predicted octanol–water partition coefficient (Wildman–Crippen LogP) is 1.42. The molecule has 0 atom stereocenters. The van der Waals surface area contributed by atoms with Crippen molar-refractivity contribution < 1.29 is 9.53 Å². The van der Waals surface area contributed by atoms with Crippen LogP contribution in [0.15, 0.2) is 0 Å². The van der Waals surface area contributed by atoms with Crippen molar-refractivity contribution in [3.8, 4) is 0 Å². The van der Waals surface area contributed by atoms with Crippen molar-refractivity contribution in [2.45, 2.75) is 39.2 Å². The van der Waals surface area contributed by atoms with Gasteiger partial charge in [-0.25, -0.2) is 0 Å². The van der Waals surface area contributed by atoms with Crippen LogP contribution in [0.2, 0.25) is 0 Å². The summed E-state index contributed by atoms with van der Waals surface area (Å²) in [7, 11) is 0. The summed E-state index contributed by atoms with van der Waals surface area (Å²) in [6, 6.07) is 0. The molecule has 1 aliphatic rings. The van der Waals surface area contributed by atoms with Gasteiger partial charge in [-0.3, -0.25) is 4.79 Å². The largest absolute Gasteiger partial charge is 0.378 e. The van der Waals surface area contributed by atoms with Crippen LogP contribution in [0, 0.1) is 0 Å². The first kappa shape index (κ1) is 10.5. The molecule has 1 saturated heterocycles. The van der Waals surface area contributed by atoms with E-state index in [1.54, 1.807) is 0 Å². The van der Waals surface area contributed by atoms with Crippen molar-refractivity contribution in [3.63, 3.8) is 0 Å². The van der Waals surface area contributed by atoms with Gasteiger partial charge in [0.2, 0.25) is 5.91 Å². The molecule has 3 heteroatoms. The quantitative estimate of drug-likeness (QED) is 0.665. The zero-order chi connectivity index (χ0) is 9.68. The number of hydrogen-bond donors (Lipinski definition) is 0. The fraction of sp³-hybridized carbons (Fsp3) is 0.900. The Balaban J connectivity index is 2.26. The molecule has 13 heavy (non-hydrogen) atoms. The van der Waals surface area contributed by atoms with Crippen LogP contribution in [0.3, 0.4) is 0 Å². The molecule has 0 unspecified atom stereocenters. The van der Waals surface area contributed by atoms with Crippen molar-refractivity contribution in [3.05, 3.63) is 0 Å². The van der Waals surface area contributed by atoms with Crippen molar-refractivity contribution in [1.82, 2.24) is 4.90 Å². The summed E-state index contributed by atoms with van der Waals surface area (Å²) >= 11 is 0. The van der Waals surface area contributed by atoms with E-state index in [0.29, 0.717) is 12.5 Å². The fourth-order valence-corrected chi connectivity index (χ4v) is 1.73. The van der Waals surface area contributed by atoms with Crippen LogP contribution in [0.5, 0.6) is 0 Å². The van der Waals surface area contributed by atoms with Gasteiger partial charge in [-0.05, 0) is 19.8 Å². The third-order valence-corrected chi connectivity index (χ3v) is 2.50. The molecule has 0 aliphatic carbocycles. The summed E-state index contributed by atoms with van der Waals surface area (Å²) in [6.45, 7) is 6.46. The second kappa shape index (κ2) is 5.22. The summed E-state index contributed by atoms with van der Waals surface area (Å²) in [5.41, 5.74) is 0. The molecule has 1 fully saturated rings. The van der Waals surface area contributed by atoms with Gasteiger partial charge >= 0.3 is 0 Å². The maximum Gasteiger partial charge on any atom is 0.222 e. The molecule has 76 valence electrons. The van der Waals surface area contributed by atoms with Crippen LogP contribution >= 0.6 is 0 Å². The van der Waals surface area contributed by atoms with Crippen LogP contribution in [-0.4, -0.2) is 36.6 Å². The smallest absolute Gasteiger partial charge is 0.222 e. The Hall–Kier alpha value is -0.570. The van der Waals surface area contributed by atoms with Gasteiger partial charge in [0, 0.05) is 26.1 Å². The van der Waals surface area contributed by atoms with Crippen molar-refractivity contribution in [2.75, 3.05) is 19.7 Å². The zero-order valence-electron chi connectivity index (χ0n) is 8.58. The summed E-state index contributed by atoms with van der Waals surface area (Å²) in [6.07, 6.45) is 3.00. The second-order valence-electron chi connectivity index (χ2n) is 3.39. The number of ether oxygens (including phenoxy) is 1. The molecule has 1 heterocycles. The van der Waals surface area contributed by atoms with Gasteiger partial charge in [0.05, 0.1) is 6.10 Å². The topological polar surface area (TPSA) is 29.5 Å². The lowest BCUT2D eigenvalue weighted by Crippen LogP contribution is -2.40. The SMILES string of the molecule is CCOC1CCN(C(=O)CC)CC1. The van der Waals surface area contributed by atoms with E-state index < -0.39 is 0 Å². The van der Waals surface area contributed by atoms with E-state index in [4.69, 9.17) is 4.74 Å². The minimum atomic E-state index is 0.273. The van der Waals surface area contributed by atoms with Crippen LogP contribution in [0.25, 0.3) is 0 Å². The first-order chi connectivity index (χ1) is 6.27. The minimum Gasteiger partial charge on any atom is -0.378 e. The molecule has 1 amide bonds. The molecular weight excluding hydrogens is 166 g/mol. The molecule has 0 saturated carbocycles. The highest BCUT2D eigenvalue weighted by Gasteiger charge is 2.21. The van der Waals surface area contributed by atoms with Gasteiger partial charge in [-0.1, -0.05) is 6.92 Å². The van der Waals surface area contributed by atoms with Gasteiger partial charge < -0.3 is 9.64 Å². The van der Waals surface area contributed by atoms with Gasteiger partial charge in [0.15, 0.2) is 0 Å². The van der Waals surface area contributed by atoms with Crippen LogP contribution < -0.4 is 0 Å². The number of likely N-dealkylation sites (tertiary alicyclic amines) is 1. The van der Waals surface area contributed by atoms with E-state index in [2.05, 4.69) is 0 Å². The van der Waals surface area contributed by atoms with Gasteiger partial charge in [-0.15, -0.1) is 0 Å². The predicted molar refractivity (Wildman–Crippen MR) is 51.5 cm³/mol. The molecule has 0 aromatic carbocycles. The summed E-state index contributed by atoms with van der Waals surface area (Å²) < 4.78 is 5.51. The Labute approximate surface area is 80.1 Å². The van der Waals surface area contributed by atoms with Gasteiger partial charge in [-0.2, -0.15) is 0 Å². The summed E-state index contributed by atoms with van der Waals surface area (Å²) in [5, 5.41) is 0. The number of rotatable bonds is 3. The molecule has 0 aromatic heterocycles. The van der Waals surface area contributed by atoms with Gasteiger partial charge in [0.1, 0.15) is 0 Å². The third-order valence-electron chi connectivity index (χ3n) is 2.50. The van der Waals surface area contributed by atoms with E-state index in [0.717, 1.165) is 32.5 Å². The lowest BCUT2D eigenvalue weighted by molar-refractivity contribution is -0.133. The van der Waals surface area contributed by atoms with E-state index in [1.165, 1.54) is 0 Å². The normalized spacial score (nSPS) is 19.1. The molecular formula is C10H19NO2. The molecule has 3 nitrogen and oxygen atoms in total. The average molecular weight is 185 g/mol. The van der Waals surface area contributed by atoms with Crippen LogP contribution in [0.1, 0.15) is 33.1 Å². The van der Waals surface area contributed by atoms with Crippen LogP contribution in [0.4, 0.5) is 0 Å². The molecule has 1 rings (SSSR count). The second-order valence-corrected chi connectivity index (χ2v) is 3.39. The number of piperidine rings is 1. The lowest BCUT2D eigenvalue weighted by atomic mass is 10.1. The van der Waals surface area contributed by atoms with E-state index in [9.17, 15) is 4.79 Å². The molecule has 0 radical (unpaired) electrons. The number of nitrogens with zero attached hydrogens (tertiary/aromatic N) is 1. The maximum atomic E-state index is 11.3. The maximum absolute atomic E-state index is 11.3. The number of carbonyl (C=O) groups is 1. The van der Waals surface area contributed by atoms with Gasteiger partial charge in [0.25, 0.3) is 0 Å². The highest BCUT2D eigenvalue weighted by atomic mass is 16.5. The molecule has 0 N–H and O–H groups in total. The number of carbonyl (C=O) groups excluding carboxylic acids is 1. The molecule has 0 spiro atoms. The Morgan fingerprint density at radius 3 is 2.46 bits per heavy atom. The van der Waals surface area contributed by atoms with Crippen molar-refractivity contribution in [2.24, 2.45) is 0 Å². The van der Waals surface area contributed by atoms with E-state index >= 15 is 0 Å². The van der Waals surface area contributed by atoms with Crippen molar-refractivity contribution >= 4 is 5.91 Å². The van der Waals surface area contributed by atoms with Crippen LogP contribution in [-0.2, 0) is 9.53 Å². The first-order valence-corrected chi connectivity index (χ1v) is 5.17. The Bertz CT molecular complexity index is 162. The Morgan fingerprint density at radius 1 is 1.38 bits per heavy atom. The summed E-state index contributed by atoms with van der Waals surface area (Å²) in [5.74, 6) is 0.273. The zero-order valence-corrected chi connectivity index (χ0v) is 8.58. The Morgan fingerprint density at radius 2 is 2.00 bits per heavy atom. The third kappa shape index (κ3) is 2.99. The monoisotopic (exact) mass is 185 g/mol. The molecule has 1 aliphatic heterocycles. The molecule has 0 aromatic rings. The first-order valence-electron chi connectivity index (χ1n) is 5.17.